The molecule has 0 spiro atoms. The summed E-state index contributed by atoms with van der Waals surface area (Å²) in [6, 6.07) is 7.46. The SMILES string of the molecule is C/C=C\C(=C/CO/C(N)=C1\CCCN1N(C)C)C(F)(F)F.CC.COc1ccc(CC=O)cc1.O. The number of methoxy groups -OCH3 is 1. The summed E-state index contributed by atoms with van der Waals surface area (Å²) in [6.07, 6.45) is 2.02. The van der Waals surface area contributed by atoms with E-state index >= 15 is 0 Å². The molecule has 1 aliphatic rings. The summed E-state index contributed by atoms with van der Waals surface area (Å²) < 4.78 is 48.2. The molecule has 1 fully saturated rings. The number of nitrogens with zero attached hydrogens (tertiary/aromatic N) is 2. The number of carbonyl (C=O) groups excluding carboxylic acids is 1. The van der Waals surface area contributed by atoms with Gasteiger partial charge in [0.05, 0.1) is 18.4 Å². The molecule has 0 aromatic heterocycles. The number of hydrazine groups is 1. The maximum atomic E-state index is 12.7. The first-order valence-corrected chi connectivity index (χ1v) is 11.2. The molecule has 2 rings (SSSR count). The molecule has 1 heterocycles. The highest BCUT2D eigenvalue weighted by Gasteiger charge is 2.31. The highest BCUT2D eigenvalue weighted by atomic mass is 19.4. The van der Waals surface area contributed by atoms with Gasteiger partial charge in [-0.25, -0.2) is 5.01 Å². The van der Waals surface area contributed by atoms with Crippen molar-refractivity contribution in [3.63, 3.8) is 0 Å². The Balaban J connectivity index is 0. The molecule has 0 bridgehead atoms. The number of halogens is 3. The molecule has 7 nitrogen and oxygen atoms in total. The summed E-state index contributed by atoms with van der Waals surface area (Å²) in [7, 11) is 5.38. The van der Waals surface area contributed by atoms with Crippen LogP contribution in [0.4, 0.5) is 13.2 Å². The van der Waals surface area contributed by atoms with Gasteiger partial charge in [-0.1, -0.05) is 38.1 Å². The van der Waals surface area contributed by atoms with Crippen molar-refractivity contribution in [2.24, 2.45) is 5.73 Å². The summed E-state index contributed by atoms with van der Waals surface area (Å²) in [5.41, 5.74) is 6.93. The van der Waals surface area contributed by atoms with E-state index in [0.717, 1.165) is 54.8 Å². The Hall–Kier alpha value is -2.98. The van der Waals surface area contributed by atoms with E-state index in [4.69, 9.17) is 15.2 Å². The number of benzene rings is 1. The van der Waals surface area contributed by atoms with Crippen LogP contribution in [0.15, 0.2) is 59.6 Å². The van der Waals surface area contributed by atoms with Crippen LogP contribution in [0.25, 0.3) is 0 Å². The fraction of sp³-hybridized carbons (Fsp3) is 0.480. The minimum Gasteiger partial charge on any atom is -0.497 e. The van der Waals surface area contributed by atoms with Crippen LogP contribution >= 0.6 is 0 Å². The molecule has 1 saturated heterocycles. The van der Waals surface area contributed by atoms with Crippen molar-refractivity contribution in [2.45, 2.75) is 46.2 Å². The van der Waals surface area contributed by atoms with Crippen molar-refractivity contribution in [3.8, 4) is 5.75 Å². The lowest BCUT2D eigenvalue weighted by atomic mass is 10.2. The number of allylic oxidation sites excluding steroid dienone is 4. The molecule has 0 atom stereocenters. The summed E-state index contributed by atoms with van der Waals surface area (Å²) in [4.78, 5) is 10.1. The van der Waals surface area contributed by atoms with Crippen molar-refractivity contribution in [1.82, 2.24) is 10.0 Å². The molecule has 0 aliphatic carbocycles. The van der Waals surface area contributed by atoms with E-state index in [0.29, 0.717) is 6.42 Å². The van der Waals surface area contributed by atoms with Gasteiger partial charge in [-0.05, 0) is 43.5 Å². The van der Waals surface area contributed by atoms with Gasteiger partial charge in [0, 0.05) is 27.1 Å². The molecule has 200 valence electrons. The lowest BCUT2D eigenvalue weighted by Crippen LogP contribution is -2.34. The highest BCUT2D eigenvalue weighted by molar-refractivity contribution is 5.55. The highest BCUT2D eigenvalue weighted by Crippen LogP contribution is 2.27. The number of hydrogen-bond acceptors (Lipinski definition) is 6. The number of alkyl halides is 3. The first-order valence-electron chi connectivity index (χ1n) is 11.2. The van der Waals surface area contributed by atoms with Crippen molar-refractivity contribution < 1.29 is 32.9 Å². The van der Waals surface area contributed by atoms with Crippen molar-refractivity contribution in [1.29, 1.82) is 0 Å². The quantitative estimate of drug-likeness (QED) is 0.321. The predicted octanol–water partition coefficient (Wildman–Crippen LogP) is 4.41. The van der Waals surface area contributed by atoms with Crippen LogP contribution in [0.5, 0.6) is 5.75 Å². The van der Waals surface area contributed by atoms with Crippen LogP contribution in [0.1, 0.15) is 39.2 Å². The Morgan fingerprint density at radius 3 is 2.26 bits per heavy atom. The van der Waals surface area contributed by atoms with E-state index in [-0.39, 0.29) is 18.0 Å². The topological polar surface area (TPSA) is 99.5 Å². The zero-order valence-corrected chi connectivity index (χ0v) is 21.5. The molecule has 0 amide bonds. The van der Waals surface area contributed by atoms with Gasteiger partial charge in [-0.3, -0.25) is 0 Å². The summed E-state index contributed by atoms with van der Waals surface area (Å²) in [6.45, 7) is 6.15. The Kier molecular flexibility index (Phi) is 17.9. The Bertz CT molecular complexity index is 805. The second-order valence-electron chi connectivity index (χ2n) is 7.07. The average molecular weight is 504 g/mol. The fourth-order valence-corrected chi connectivity index (χ4v) is 2.97. The van der Waals surface area contributed by atoms with Crippen molar-refractivity contribution in [2.75, 3.05) is 34.4 Å². The number of carbonyl (C=O) groups is 1. The third-order valence-electron chi connectivity index (χ3n) is 4.56. The number of rotatable bonds is 8. The number of nitrogens with two attached hydrogens (primary N) is 1. The van der Waals surface area contributed by atoms with Crippen LogP contribution in [-0.4, -0.2) is 62.3 Å². The lowest BCUT2D eigenvalue weighted by Gasteiger charge is -2.27. The van der Waals surface area contributed by atoms with Crippen LogP contribution in [0, 0.1) is 0 Å². The largest absolute Gasteiger partial charge is 0.497 e. The summed E-state index contributed by atoms with van der Waals surface area (Å²) in [5, 5.41) is 3.84. The molecule has 10 heteroatoms. The first kappa shape index (κ1) is 34.2. The van der Waals surface area contributed by atoms with Gasteiger partial charge in [-0.15, -0.1) is 0 Å². The van der Waals surface area contributed by atoms with E-state index in [1.54, 1.807) is 7.11 Å². The predicted molar refractivity (Wildman–Crippen MR) is 133 cm³/mol. The number of ether oxygens (including phenoxy) is 2. The Morgan fingerprint density at radius 2 is 1.80 bits per heavy atom. The molecular formula is C25H40F3N3O4. The van der Waals surface area contributed by atoms with Crippen molar-refractivity contribution >= 4 is 6.29 Å². The molecule has 0 saturated carbocycles. The zero-order chi connectivity index (χ0) is 26.1. The number of hydrogen-bond donors (Lipinski definition) is 1. The maximum Gasteiger partial charge on any atom is 0.416 e. The van der Waals surface area contributed by atoms with E-state index in [9.17, 15) is 18.0 Å². The average Bonchev–Trinajstić information content (AvgIpc) is 3.31. The van der Waals surface area contributed by atoms with E-state index < -0.39 is 11.7 Å². The third kappa shape index (κ3) is 12.9. The minimum atomic E-state index is -4.39. The molecule has 0 unspecified atom stereocenters. The summed E-state index contributed by atoms with van der Waals surface area (Å²) in [5.74, 6) is 0.999. The van der Waals surface area contributed by atoms with Gasteiger partial charge >= 0.3 is 6.18 Å². The molecule has 4 N–H and O–H groups in total. The molecule has 1 aromatic rings. The van der Waals surface area contributed by atoms with Gasteiger partial charge in [0.1, 0.15) is 18.6 Å². The van der Waals surface area contributed by atoms with Crippen LogP contribution in [0.3, 0.4) is 0 Å². The standard InChI is InChI=1S/C14H22F3N3O.C9H10O2.C2H6.H2O/c1-4-6-11(14(15,16)17)8-10-21-13(18)12-7-5-9-20(12)19(2)3;1-11-9-4-2-8(3-5-9)6-7-10;1-2;/h4,6,8H,5,7,9-10,18H2,1-3H3;2-5,7H,6H2,1H3;1-2H3;1H2/b6-4-,11-8+,13-12+;;;. The maximum absolute atomic E-state index is 12.7. The number of aldehydes is 1. The molecule has 1 aliphatic heterocycles. The third-order valence-corrected chi connectivity index (χ3v) is 4.56. The fourth-order valence-electron chi connectivity index (χ4n) is 2.97. The van der Waals surface area contributed by atoms with Gasteiger partial charge in [0.15, 0.2) is 0 Å². The van der Waals surface area contributed by atoms with Crippen LogP contribution in [-0.2, 0) is 16.0 Å². The van der Waals surface area contributed by atoms with Gasteiger partial charge in [-0.2, -0.15) is 13.2 Å². The normalized spacial score (nSPS) is 14.9. The molecule has 35 heavy (non-hydrogen) atoms. The van der Waals surface area contributed by atoms with Crippen LogP contribution in [0.2, 0.25) is 0 Å². The zero-order valence-electron chi connectivity index (χ0n) is 21.5. The van der Waals surface area contributed by atoms with E-state index in [2.05, 4.69) is 0 Å². The monoisotopic (exact) mass is 503 g/mol. The Labute approximate surface area is 206 Å². The van der Waals surface area contributed by atoms with Gasteiger partial charge in [0.2, 0.25) is 5.88 Å². The first-order chi connectivity index (χ1) is 16.1. The van der Waals surface area contributed by atoms with Crippen LogP contribution < -0.4 is 10.5 Å². The Morgan fingerprint density at radius 1 is 1.20 bits per heavy atom. The van der Waals surface area contributed by atoms with E-state index in [1.807, 2.05) is 62.2 Å². The second-order valence-corrected chi connectivity index (χ2v) is 7.07. The second kappa shape index (κ2) is 18.4. The smallest absolute Gasteiger partial charge is 0.416 e. The molecule has 0 radical (unpaired) electrons. The lowest BCUT2D eigenvalue weighted by molar-refractivity contribution is -0.107. The van der Waals surface area contributed by atoms with Gasteiger partial charge in [0.25, 0.3) is 0 Å². The minimum absolute atomic E-state index is 0. The molecular weight excluding hydrogens is 463 g/mol. The van der Waals surface area contributed by atoms with Crippen molar-refractivity contribution in [3.05, 3.63) is 65.2 Å². The summed E-state index contributed by atoms with van der Waals surface area (Å²) >= 11 is 0. The van der Waals surface area contributed by atoms with Gasteiger partial charge < -0.3 is 30.5 Å². The molecule has 1 aromatic carbocycles. The van der Waals surface area contributed by atoms with E-state index in [1.165, 1.54) is 13.0 Å².